The van der Waals surface area contributed by atoms with E-state index in [1.807, 2.05) is 35.6 Å². The van der Waals surface area contributed by atoms with Gasteiger partial charge in [0.05, 0.1) is 6.61 Å². The number of benzene rings is 1. The summed E-state index contributed by atoms with van der Waals surface area (Å²) in [4.78, 5) is 24.7. The first kappa shape index (κ1) is 20.1. The number of halogens is 3. The summed E-state index contributed by atoms with van der Waals surface area (Å²) in [6.07, 6.45) is -2.69. The summed E-state index contributed by atoms with van der Waals surface area (Å²) in [5.74, 6) is -1.15. The predicted molar refractivity (Wildman–Crippen MR) is 89.5 cm³/mol. The summed E-state index contributed by atoms with van der Waals surface area (Å²) >= 11 is 0. The number of hydrogen-bond donors (Lipinski definition) is 1. The van der Waals surface area contributed by atoms with Crippen molar-refractivity contribution in [1.29, 1.82) is 0 Å². The molecule has 1 N–H and O–H groups in total. The molecule has 2 amide bonds. The summed E-state index contributed by atoms with van der Waals surface area (Å²) in [6, 6.07) is 9.35. The lowest BCUT2D eigenvalue weighted by Crippen LogP contribution is -2.44. The molecule has 144 valence electrons. The average Bonchev–Trinajstić information content (AvgIpc) is 2.63. The third-order valence-corrected chi connectivity index (χ3v) is 4.32. The summed E-state index contributed by atoms with van der Waals surface area (Å²) in [7, 11) is 0. The maximum Gasteiger partial charge on any atom is 0.471 e. The first-order chi connectivity index (χ1) is 12.4. The lowest BCUT2D eigenvalue weighted by atomic mass is 9.96. The van der Waals surface area contributed by atoms with Gasteiger partial charge < -0.3 is 15.0 Å². The highest BCUT2D eigenvalue weighted by Crippen LogP contribution is 2.19. The molecule has 1 heterocycles. The molecule has 0 aromatic heterocycles. The van der Waals surface area contributed by atoms with Gasteiger partial charge in [-0.1, -0.05) is 18.2 Å². The van der Waals surface area contributed by atoms with Crippen molar-refractivity contribution in [2.24, 2.45) is 5.92 Å². The molecule has 26 heavy (non-hydrogen) atoms. The Kier molecular flexibility index (Phi) is 7.29. The number of rotatable bonds is 7. The smallest absolute Gasteiger partial charge is 0.471 e. The van der Waals surface area contributed by atoms with E-state index in [-0.39, 0.29) is 18.4 Å². The Bertz CT molecular complexity index is 585. The molecule has 8 heteroatoms. The van der Waals surface area contributed by atoms with Crippen LogP contribution in [0.15, 0.2) is 30.3 Å². The van der Waals surface area contributed by atoms with Gasteiger partial charge in [0.2, 0.25) is 5.91 Å². The lowest BCUT2D eigenvalue weighted by Gasteiger charge is -2.32. The molecule has 1 fully saturated rings. The lowest BCUT2D eigenvalue weighted by molar-refractivity contribution is -0.173. The van der Waals surface area contributed by atoms with Gasteiger partial charge in [0.15, 0.2) is 0 Å². The summed E-state index contributed by atoms with van der Waals surface area (Å²) < 4.78 is 42.0. The van der Waals surface area contributed by atoms with Crippen molar-refractivity contribution < 1.29 is 27.5 Å². The first-order valence-corrected chi connectivity index (χ1v) is 8.67. The maximum atomic E-state index is 12.2. The highest BCUT2D eigenvalue weighted by atomic mass is 19.4. The second-order valence-corrected chi connectivity index (χ2v) is 6.30. The van der Waals surface area contributed by atoms with Crippen LogP contribution in [0.25, 0.3) is 0 Å². The van der Waals surface area contributed by atoms with E-state index in [4.69, 9.17) is 4.74 Å². The van der Waals surface area contributed by atoms with Crippen molar-refractivity contribution in [3.8, 4) is 5.75 Å². The number of para-hydroxylation sites is 1. The van der Waals surface area contributed by atoms with Gasteiger partial charge in [-0.3, -0.25) is 9.59 Å². The number of amides is 2. The van der Waals surface area contributed by atoms with E-state index in [9.17, 15) is 22.8 Å². The van der Waals surface area contributed by atoms with Gasteiger partial charge in [-0.15, -0.1) is 0 Å². The molecule has 0 radical (unpaired) electrons. The number of likely N-dealkylation sites (tertiary alicyclic amines) is 1. The van der Waals surface area contributed by atoms with Crippen molar-refractivity contribution in [3.63, 3.8) is 0 Å². The summed E-state index contributed by atoms with van der Waals surface area (Å²) in [5, 5.41) is 1.91. The van der Waals surface area contributed by atoms with Gasteiger partial charge in [-0.2, -0.15) is 13.2 Å². The van der Waals surface area contributed by atoms with Crippen LogP contribution in [0.1, 0.15) is 25.7 Å². The van der Waals surface area contributed by atoms with Crippen molar-refractivity contribution in [2.45, 2.75) is 31.9 Å². The monoisotopic (exact) mass is 372 g/mol. The minimum Gasteiger partial charge on any atom is -0.494 e. The largest absolute Gasteiger partial charge is 0.494 e. The molecule has 1 aliphatic rings. The van der Waals surface area contributed by atoms with Crippen LogP contribution in [-0.2, 0) is 9.59 Å². The van der Waals surface area contributed by atoms with Crippen LogP contribution >= 0.6 is 0 Å². The number of nitrogens with zero attached hydrogens (tertiary/aromatic N) is 1. The molecule has 1 saturated heterocycles. The number of ether oxygens (including phenoxy) is 1. The fraction of sp³-hybridized carbons (Fsp3) is 0.556. The van der Waals surface area contributed by atoms with Gasteiger partial charge in [0, 0.05) is 26.1 Å². The number of carbonyl (C=O) groups excluding carboxylic acids is 2. The average molecular weight is 372 g/mol. The van der Waals surface area contributed by atoms with Gasteiger partial charge >= 0.3 is 12.1 Å². The normalized spacial score (nSPS) is 15.6. The Morgan fingerprint density at radius 3 is 2.42 bits per heavy atom. The SMILES string of the molecule is O=C(CCCOc1ccccc1)N1CCC(CNC(=O)C(F)(F)F)CC1. The van der Waals surface area contributed by atoms with Crippen molar-refractivity contribution in [3.05, 3.63) is 30.3 Å². The fourth-order valence-corrected chi connectivity index (χ4v) is 2.81. The molecule has 5 nitrogen and oxygen atoms in total. The van der Waals surface area contributed by atoms with Crippen LogP contribution in [0.4, 0.5) is 13.2 Å². The second kappa shape index (κ2) is 9.45. The molecule has 0 spiro atoms. The standard InChI is InChI=1S/C18H23F3N2O3/c19-18(20,21)17(25)22-13-14-8-10-23(11-9-14)16(24)7-4-12-26-15-5-2-1-3-6-15/h1-3,5-6,14H,4,7-13H2,(H,22,25). The van der Waals surface area contributed by atoms with Crippen LogP contribution in [-0.4, -0.2) is 49.1 Å². The van der Waals surface area contributed by atoms with E-state index in [1.54, 1.807) is 4.90 Å². The molecule has 0 aliphatic carbocycles. The highest BCUT2D eigenvalue weighted by molar-refractivity contribution is 5.81. The summed E-state index contributed by atoms with van der Waals surface area (Å²) in [5.41, 5.74) is 0. The number of alkyl halides is 3. The molecule has 0 atom stereocenters. The molecule has 1 aromatic rings. The van der Waals surface area contributed by atoms with Crippen molar-refractivity contribution in [1.82, 2.24) is 10.2 Å². The molecule has 0 unspecified atom stereocenters. The molecule has 0 bridgehead atoms. The van der Waals surface area contributed by atoms with Gasteiger partial charge in [0.1, 0.15) is 5.75 Å². The molecule has 1 aliphatic heterocycles. The van der Waals surface area contributed by atoms with Crippen LogP contribution in [0, 0.1) is 5.92 Å². The van der Waals surface area contributed by atoms with Crippen LogP contribution in [0.5, 0.6) is 5.75 Å². The molecule has 1 aromatic carbocycles. The number of carbonyl (C=O) groups is 2. The van der Waals surface area contributed by atoms with Gasteiger partial charge in [-0.05, 0) is 37.3 Å². The number of piperidine rings is 1. The minimum atomic E-state index is -4.85. The Morgan fingerprint density at radius 1 is 1.15 bits per heavy atom. The Balaban J connectivity index is 1.60. The summed E-state index contributed by atoms with van der Waals surface area (Å²) in [6.45, 7) is 1.46. The van der Waals surface area contributed by atoms with E-state index < -0.39 is 12.1 Å². The van der Waals surface area contributed by atoms with Crippen LogP contribution < -0.4 is 10.1 Å². The zero-order chi connectivity index (χ0) is 19.0. The molecular formula is C18H23F3N2O3. The topological polar surface area (TPSA) is 58.6 Å². The third-order valence-electron chi connectivity index (χ3n) is 4.32. The van der Waals surface area contributed by atoms with E-state index in [2.05, 4.69) is 0 Å². The van der Waals surface area contributed by atoms with Crippen LogP contribution in [0.3, 0.4) is 0 Å². The number of nitrogens with one attached hydrogen (secondary N) is 1. The van der Waals surface area contributed by atoms with Crippen LogP contribution in [0.2, 0.25) is 0 Å². The zero-order valence-electron chi connectivity index (χ0n) is 14.4. The predicted octanol–water partition coefficient (Wildman–Crippen LogP) is 2.76. The second-order valence-electron chi connectivity index (χ2n) is 6.30. The minimum absolute atomic E-state index is 0.00864. The van der Waals surface area contributed by atoms with E-state index in [0.29, 0.717) is 45.4 Å². The number of hydrogen-bond acceptors (Lipinski definition) is 3. The quantitative estimate of drug-likeness (QED) is 0.749. The molecule has 0 saturated carbocycles. The van der Waals surface area contributed by atoms with Crippen molar-refractivity contribution in [2.75, 3.05) is 26.2 Å². The Hall–Kier alpha value is -2.25. The fourth-order valence-electron chi connectivity index (χ4n) is 2.81. The van der Waals surface area contributed by atoms with E-state index >= 15 is 0 Å². The highest BCUT2D eigenvalue weighted by Gasteiger charge is 2.38. The van der Waals surface area contributed by atoms with E-state index in [1.165, 1.54) is 0 Å². The molecule has 2 rings (SSSR count). The Morgan fingerprint density at radius 2 is 1.81 bits per heavy atom. The molecular weight excluding hydrogens is 349 g/mol. The first-order valence-electron chi connectivity index (χ1n) is 8.67. The maximum absolute atomic E-state index is 12.2. The van der Waals surface area contributed by atoms with E-state index in [0.717, 1.165) is 5.75 Å². The van der Waals surface area contributed by atoms with Gasteiger partial charge in [0.25, 0.3) is 0 Å². The van der Waals surface area contributed by atoms with Gasteiger partial charge in [-0.25, -0.2) is 0 Å². The van der Waals surface area contributed by atoms with Crippen molar-refractivity contribution >= 4 is 11.8 Å². The third kappa shape index (κ3) is 6.57. The Labute approximate surface area is 150 Å². The zero-order valence-corrected chi connectivity index (χ0v) is 14.4.